The van der Waals surface area contributed by atoms with E-state index in [1.54, 1.807) is 11.1 Å². The summed E-state index contributed by atoms with van der Waals surface area (Å²) in [6.45, 7) is 1.75. The van der Waals surface area contributed by atoms with Crippen LogP contribution in [0.2, 0.25) is 0 Å². The molecule has 1 saturated heterocycles. The average molecular weight is 351 g/mol. The number of hydrogen-bond donors (Lipinski definition) is 2. The molecule has 1 aromatic carbocycles. The van der Waals surface area contributed by atoms with Gasteiger partial charge in [-0.15, -0.1) is 0 Å². The Hall–Kier alpha value is -3.09. The second kappa shape index (κ2) is 7.03. The fourth-order valence-electron chi connectivity index (χ4n) is 3.08. The SMILES string of the molecule is O=C1NCCN1c1cccc(NC(=O)N(Cc2ccccn2)C2CC2)c1. The van der Waals surface area contributed by atoms with Crippen LogP contribution in [0.3, 0.4) is 0 Å². The third kappa shape index (κ3) is 3.61. The van der Waals surface area contributed by atoms with E-state index in [1.807, 2.05) is 47.4 Å². The van der Waals surface area contributed by atoms with Crippen molar-refractivity contribution in [2.45, 2.75) is 25.4 Å². The molecule has 1 aliphatic carbocycles. The van der Waals surface area contributed by atoms with Crippen LogP contribution in [0.5, 0.6) is 0 Å². The van der Waals surface area contributed by atoms with Crippen LogP contribution in [0.15, 0.2) is 48.7 Å². The number of pyridine rings is 1. The van der Waals surface area contributed by atoms with Crippen LogP contribution in [0.4, 0.5) is 21.0 Å². The third-order valence-corrected chi connectivity index (χ3v) is 4.57. The van der Waals surface area contributed by atoms with Crippen molar-refractivity contribution in [1.82, 2.24) is 15.2 Å². The van der Waals surface area contributed by atoms with Gasteiger partial charge in [-0.2, -0.15) is 0 Å². The molecule has 4 amide bonds. The van der Waals surface area contributed by atoms with Crippen LogP contribution < -0.4 is 15.5 Å². The van der Waals surface area contributed by atoms with Crippen molar-refractivity contribution in [3.63, 3.8) is 0 Å². The molecule has 2 N–H and O–H groups in total. The van der Waals surface area contributed by atoms with Gasteiger partial charge >= 0.3 is 12.1 Å². The number of benzene rings is 1. The van der Waals surface area contributed by atoms with Gasteiger partial charge in [-0.1, -0.05) is 12.1 Å². The Morgan fingerprint density at radius 1 is 1.27 bits per heavy atom. The van der Waals surface area contributed by atoms with Gasteiger partial charge in [0.15, 0.2) is 0 Å². The van der Waals surface area contributed by atoms with Gasteiger partial charge in [0.05, 0.1) is 12.2 Å². The van der Waals surface area contributed by atoms with Crippen LogP contribution in [-0.4, -0.2) is 41.1 Å². The number of hydrogen-bond acceptors (Lipinski definition) is 3. The van der Waals surface area contributed by atoms with Crippen molar-refractivity contribution in [2.75, 3.05) is 23.3 Å². The monoisotopic (exact) mass is 351 g/mol. The van der Waals surface area contributed by atoms with E-state index in [-0.39, 0.29) is 18.1 Å². The first-order chi connectivity index (χ1) is 12.7. The number of aromatic nitrogens is 1. The zero-order valence-electron chi connectivity index (χ0n) is 14.4. The highest BCUT2D eigenvalue weighted by atomic mass is 16.2. The van der Waals surface area contributed by atoms with Gasteiger partial charge in [0, 0.05) is 36.7 Å². The Labute approximate surface area is 152 Å². The summed E-state index contributed by atoms with van der Waals surface area (Å²) < 4.78 is 0. The molecule has 0 spiro atoms. The predicted octanol–water partition coefficient (Wildman–Crippen LogP) is 2.81. The fraction of sp³-hybridized carbons (Fsp3) is 0.316. The summed E-state index contributed by atoms with van der Waals surface area (Å²) in [4.78, 5) is 32.4. The quantitative estimate of drug-likeness (QED) is 0.869. The lowest BCUT2D eigenvalue weighted by Crippen LogP contribution is -2.36. The van der Waals surface area contributed by atoms with Crippen LogP contribution in [0.25, 0.3) is 0 Å². The summed E-state index contributed by atoms with van der Waals surface area (Å²) in [6, 6.07) is 13.1. The maximum Gasteiger partial charge on any atom is 0.322 e. The Morgan fingerprint density at radius 3 is 2.85 bits per heavy atom. The van der Waals surface area contributed by atoms with Crippen molar-refractivity contribution < 1.29 is 9.59 Å². The minimum absolute atomic E-state index is 0.108. The van der Waals surface area contributed by atoms with Gasteiger partial charge in [0.25, 0.3) is 0 Å². The summed E-state index contributed by atoms with van der Waals surface area (Å²) >= 11 is 0. The highest BCUT2D eigenvalue weighted by Gasteiger charge is 2.33. The predicted molar refractivity (Wildman–Crippen MR) is 99.0 cm³/mol. The Morgan fingerprint density at radius 2 is 2.15 bits per heavy atom. The number of carbonyl (C=O) groups is 2. The molecule has 1 aromatic heterocycles. The average Bonchev–Trinajstić information content (AvgIpc) is 3.41. The summed E-state index contributed by atoms with van der Waals surface area (Å²) in [6.07, 6.45) is 3.78. The number of anilines is 2. The molecule has 0 atom stereocenters. The highest BCUT2D eigenvalue weighted by Crippen LogP contribution is 2.29. The molecule has 2 aliphatic rings. The molecule has 0 bridgehead atoms. The molecule has 2 aromatic rings. The zero-order valence-corrected chi connectivity index (χ0v) is 14.4. The first kappa shape index (κ1) is 16.4. The third-order valence-electron chi connectivity index (χ3n) is 4.57. The Bertz CT molecular complexity index is 807. The maximum atomic E-state index is 12.8. The molecule has 26 heavy (non-hydrogen) atoms. The first-order valence-electron chi connectivity index (χ1n) is 8.84. The molecular weight excluding hydrogens is 330 g/mol. The highest BCUT2D eigenvalue weighted by molar-refractivity contribution is 5.95. The number of urea groups is 2. The number of nitrogens with one attached hydrogen (secondary N) is 2. The molecular formula is C19H21N5O2. The van der Waals surface area contributed by atoms with Crippen LogP contribution in [0, 0.1) is 0 Å². The van der Waals surface area contributed by atoms with Crippen molar-refractivity contribution >= 4 is 23.4 Å². The van der Waals surface area contributed by atoms with Crippen molar-refractivity contribution in [3.05, 3.63) is 54.4 Å². The van der Waals surface area contributed by atoms with Crippen molar-refractivity contribution in [3.8, 4) is 0 Å². The van der Waals surface area contributed by atoms with E-state index in [1.165, 1.54) is 0 Å². The largest absolute Gasteiger partial charge is 0.336 e. The van der Waals surface area contributed by atoms with Gasteiger partial charge in [-0.3, -0.25) is 9.88 Å². The smallest absolute Gasteiger partial charge is 0.322 e. The van der Waals surface area contributed by atoms with E-state index >= 15 is 0 Å². The maximum absolute atomic E-state index is 12.8. The molecule has 2 heterocycles. The molecule has 0 radical (unpaired) electrons. The molecule has 1 saturated carbocycles. The topological polar surface area (TPSA) is 77.6 Å². The molecule has 0 unspecified atom stereocenters. The molecule has 7 nitrogen and oxygen atoms in total. The second-order valence-corrected chi connectivity index (χ2v) is 6.54. The number of carbonyl (C=O) groups excluding carboxylic acids is 2. The van der Waals surface area contributed by atoms with E-state index in [4.69, 9.17) is 0 Å². The van der Waals surface area contributed by atoms with Gasteiger partial charge in [0.2, 0.25) is 0 Å². The number of nitrogens with zero attached hydrogens (tertiary/aromatic N) is 3. The van der Waals surface area contributed by atoms with E-state index in [2.05, 4.69) is 15.6 Å². The molecule has 7 heteroatoms. The minimum Gasteiger partial charge on any atom is -0.336 e. The summed E-state index contributed by atoms with van der Waals surface area (Å²) in [5.41, 5.74) is 2.33. The fourth-order valence-corrected chi connectivity index (χ4v) is 3.08. The van der Waals surface area contributed by atoms with Gasteiger partial charge in [-0.05, 0) is 43.2 Å². The minimum atomic E-state index is -0.138. The first-order valence-corrected chi connectivity index (χ1v) is 8.84. The van der Waals surface area contributed by atoms with Gasteiger partial charge in [0.1, 0.15) is 0 Å². The lowest BCUT2D eigenvalue weighted by atomic mass is 10.2. The lowest BCUT2D eigenvalue weighted by Gasteiger charge is -2.23. The van der Waals surface area contributed by atoms with E-state index in [0.717, 1.165) is 24.2 Å². The standard InChI is InChI=1S/C19H21N5O2/c25-18-21-10-11-23(18)17-6-3-5-14(12-17)22-19(26)24(16-7-8-16)13-15-4-1-2-9-20-15/h1-6,9,12,16H,7-8,10-11,13H2,(H,21,25)(H,22,26). The molecule has 134 valence electrons. The summed E-state index contributed by atoms with van der Waals surface area (Å²) in [7, 11) is 0. The Kier molecular flexibility index (Phi) is 4.43. The molecule has 2 fully saturated rings. The van der Waals surface area contributed by atoms with E-state index < -0.39 is 0 Å². The summed E-state index contributed by atoms with van der Waals surface area (Å²) in [5.74, 6) is 0. The second-order valence-electron chi connectivity index (χ2n) is 6.54. The Balaban J connectivity index is 1.47. The molecule has 1 aliphatic heterocycles. The molecule has 4 rings (SSSR count). The van der Waals surface area contributed by atoms with Crippen molar-refractivity contribution in [1.29, 1.82) is 0 Å². The van der Waals surface area contributed by atoms with Gasteiger partial charge in [-0.25, -0.2) is 9.59 Å². The van der Waals surface area contributed by atoms with Gasteiger partial charge < -0.3 is 15.5 Å². The number of amides is 4. The van der Waals surface area contributed by atoms with E-state index in [9.17, 15) is 9.59 Å². The normalized spacial score (nSPS) is 16.3. The van der Waals surface area contributed by atoms with Crippen LogP contribution in [-0.2, 0) is 6.54 Å². The van der Waals surface area contributed by atoms with Crippen molar-refractivity contribution in [2.24, 2.45) is 0 Å². The van der Waals surface area contributed by atoms with Crippen LogP contribution in [0.1, 0.15) is 18.5 Å². The van der Waals surface area contributed by atoms with E-state index in [0.29, 0.717) is 25.3 Å². The lowest BCUT2D eigenvalue weighted by molar-refractivity contribution is 0.205. The number of rotatable bonds is 5. The zero-order chi connectivity index (χ0) is 17.9. The summed E-state index contributed by atoms with van der Waals surface area (Å²) in [5, 5.41) is 5.74. The van der Waals surface area contributed by atoms with Crippen LogP contribution >= 0.6 is 0 Å².